The predicted molar refractivity (Wildman–Crippen MR) is 94.6 cm³/mol. The van der Waals surface area contributed by atoms with Gasteiger partial charge in [0.05, 0.1) is 5.56 Å². The third-order valence-electron chi connectivity index (χ3n) is 3.43. The van der Waals surface area contributed by atoms with Crippen molar-refractivity contribution in [3.05, 3.63) is 35.9 Å². The molecule has 1 rings (SSSR count). The van der Waals surface area contributed by atoms with E-state index in [0.29, 0.717) is 5.56 Å². The van der Waals surface area contributed by atoms with E-state index in [1.807, 2.05) is 0 Å². The summed E-state index contributed by atoms with van der Waals surface area (Å²) in [6.45, 7) is 6.98. The number of unbranched alkanes of at least 4 members (excludes halogenated alkanes) is 6. The first-order chi connectivity index (χ1) is 10.7. The summed E-state index contributed by atoms with van der Waals surface area (Å²) in [5, 5.41) is 11.9. The van der Waals surface area contributed by atoms with Crippen molar-refractivity contribution >= 4 is 5.97 Å². The SMILES string of the molecule is CCCCCCNCCCCCC.O=C(O)c1ccccc1. The zero-order valence-corrected chi connectivity index (χ0v) is 14.3. The van der Waals surface area contributed by atoms with E-state index >= 15 is 0 Å². The second-order valence-electron chi connectivity index (χ2n) is 5.54. The van der Waals surface area contributed by atoms with Crippen LogP contribution in [0, 0.1) is 0 Å². The zero-order chi connectivity index (χ0) is 16.5. The van der Waals surface area contributed by atoms with Crippen LogP contribution in [-0.2, 0) is 0 Å². The molecular formula is C19H33NO2. The van der Waals surface area contributed by atoms with Gasteiger partial charge in [0.25, 0.3) is 0 Å². The maximum atomic E-state index is 10.2. The van der Waals surface area contributed by atoms with Crippen LogP contribution in [0.1, 0.15) is 75.6 Å². The van der Waals surface area contributed by atoms with E-state index in [1.54, 1.807) is 30.3 Å². The van der Waals surface area contributed by atoms with E-state index in [9.17, 15) is 4.79 Å². The highest BCUT2D eigenvalue weighted by Crippen LogP contribution is 1.99. The summed E-state index contributed by atoms with van der Waals surface area (Å²) < 4.78 is 0. The van der Waals surface area contributed by atoms with Crippen molar-refractivity contribution in [1.29, 1.82) is 0 Å². The molecule has 1 aromatic carbocycles. The first-order valence-electron chi connectivity index (χ1n) is 8.71. The molecule has 126 valence electrons. The molecule has 0 atom stereocenters. The van der Waals surface area contributed by atoms with Crippen LogP contribution in [0.15, 0.2) is 30.3 Å². The maximum Gasteiger partial charge on any atom is 0.335 e. The van der Waals surface area contributed by atoms with Crippen molar-refractivity contribution in [3.8, 4) is 0 Å². The Hall–Kier alpha value is -1.35. The summed E-state index contributed by atoms with van der Waals surface area (Å²) in [7, 11) is 0. The fourth-order valence-corrected chi connectivity index (χ4v) is 2.06. The largest absolute Gasteiger partial charge is 0.478 e. The summed E-state index contributed by atoms with van der Waals surface area (Å²) in [6.07, 6.45) is 11.0. The Morgan fingerprint density at radius 2 is 1.36 bits per heavy atom. The summed E-state index contributed by atoms with van der Waals surface area (Å²) >= 11 is 0. The minimum Gasteiger partial charge on any atom is -0.478 e. The number of carboxylic acid groups (broad SMARTS) is 1. The van der Waals surface area contributed by atoms with Crippen molar-refractivity contribution in [3.63, 3.8) is 0 Å². The monoisotopic (exact) mass is 307 g/mol. The molecule has 0 heterocycles. The van der Waals surface area contributed by atoms with Crippen LogP contribution in [0.2, 0.25) is 0 Å². The molecule has 0 saturated heterocycles. The van der Waals surface area contributed by atoms with E-state index in [2.05, 4.69) is 19.2 Å². The number of carbonyl (C=O) groups is 1. The minimum atomic E-state index is -0.879. The molecule has 2 N–H and O–H groups in total. The van der Waals surface area contributed by atoms with Gasteiger partial charge in [-0.2, -0.15) is 0 Å². The highest BCUT2D eigenvalue weighted by atomic mass is 16.4. The third kappa shape index (κ3) is 13.6. The van der Waals surface area contributed by atoms with Crippen molar-refractivity contribution < 1.29 is 9.90 Å². The summed E-state index contributed by atoms with van der Waals surface area (Å²) in [4.78, 5) is 10.2. The smallest absolute Gasteiger partial charge is 0.335 e. The van der Waals surface area contributed by atoms with E-state index in [4.69, 9.17) is 5.11 Å². The summed E-state index contributed by atoms with van der Waals surface area (Å²) in [5.41, 5.74) is 0.331. The number of carboxylic acids is 1. The molecule has 0 aliphatic heterocycles. The van der Waals surface area contributed by atoms with E-state index < -0.39 is 5.97 Å². The molecule has 0 aliphatic carbocycles. The molecule has 0 bridgehead atoms. The molecule has 3 heteroatoms. The van der Waals surface area contributed by atoms with Gasteiger partial charge < -0.3 is 10.4 Å². The van der Waals surface area contributed by atoms with Gasteiger partial charge >= 0.3 is 5.97 Å². The number of hydrogen-bond donors (Lipinski definition) is 2. The van der Waals surface area contributed by atoms with Crippen LogP contribution in [0.3, 0.4) is 0 Å². The van der Waals surface area contributed by atoms with E-state index in [-0.39, 0.29) is 0 Å². The average molecular weight is 307 g/mol. The van der Waals surface area contributed by atoms with Crippen LogP contribution in [0.5, 0.6) is 0 Å². The maximum absolute atomic E-state index is 10.2. The molecule has 0 unspecified atom stereocenters. The van der Waals surface area contributed by atoms with Crippen LogP contribution in [0.4, 0.5) is 0 Å². The average Bonchev–Trinajstić information content (AvgIpc) is 2.55. The first kappa shape index (κ1) is 20.6. The lowest BCUT2D eigenvalue weighted by molar-refractivity contribution is 0.0697. The third-order valence-corrected chi connectivity index (χ3v) is 3.43. The molecule has 22 heavy (non-hydrogen) atoms. The molecule has 0 radical (unpaired) electrons. The van der Waals surface area contributed by atoms with Gasteiger partial charge in [-0.3, -0.25) is 0 Å². The second-order valence-corrected chi connectivity index (χ2v) is 5.54. The lowest BCUT2D eigenvalue weighted by Gasteiger charge is -2.03. The normalized spacial score (nSPS) is 9.91. The van der Waals surface area contributed by atoms with E-state index in [0.717, 1.165) is 0 Å². The fourth-order valence-electron chi connectivity index (χ4n) is 2.06. The number of hydrogen-bond acceptors (Lipinski definition) is 2. The van der Waals surface area contributed by atoms with Gasteiger partial charge in [-0.1, -0.05) is 70.6 Å². The van der Waals surface area contributed by atoms with Crippen LogP contribution in [0.25, 0.3) is 0 Å². The minimum absolute atomic E-state index is 0.331. The molecule has 0 aromatic heterocycles. The highest BCUT2D eigenvalue weighted by molar-refractivity contribution is 5.87. The number of rotatable bonds is 11. The number of aromatic carboxylic acids is 1. The van der Waals surface area contributed by atoms with Crippen LogP contribution >= 0.6 is 0 Å². The first-order valence-corrected chi connectivity index (χ1v) is 8.71. The molecule has 0 spiro atoms. The Kier molecular flexibility index (Phi) is 15.0. The van der Waals surface area contributed by atoms with Crippen molar-refractivity contribution in [2.45, 2.75) is 65.2 Å². The number of nitrogens with one attached hydrogen (secondary N) is 1. The Labute approximate surface area is 136 Å². The van der Waals surface area contributed by atoms with Crippen molar-refractivity contribution in [2.75, 3.05) is 13.1 Å². The summed E-state index contributed by atoms with van der Waals surface area (Å²) in [6, 6.07) is 8.30. The van der Waals surface area contributed by atoms with Gasteiger partial charge in [-0.25, -0.2) is 4.79 Å². The fraction of sp³-hybridized carbons (Fsp3) is 0.632. The standard InChI is InChI=1S/C12H27N.C7H6O2/c1-3-5-7-9-11-13-12-10-8-6-4-2;8-7(9)6-4-2-1-3-5-6/h13H,3-12H2,1-2H3;1-5H,(H,8,9). The predicted octanol–water partition coefficient (Wildman–Crippen LogP) is 5.12. The van der Waals surface area contributed by atoms with Gasteiger partial charge in [-0.15, -0.1) is 0 Å². The Morgan fingerprint density at radius 3 is 1.73 bits per heavy atom. The molecule has 0 amide bonds. The molecule has 0 saturated carbocycles. The van der Waals surface area contributed by atoms with Gasteiger partial charge in [0.1, 0.15) is 0 Å². The van der Waals surface area contributed by atoms with Crippen LogP contribution < -0.4 is 5.32 Å². The molecule has 3 nitrogen and oxygen atoms in total. The Bertz CT molecular complexity index is 342. The Balaban J connectivity index is 0.000000425. The summed E-state index contributed by atoms with van der Waals surface area (Å²) in [5.74, 6) is -0.879. The second kappa shape index (κ2) is 16.0. The molecule has 0 aliphatic rings. The van der Waals surface area contributed by atoms with Gasteiger partial charge in [-0.05, 0) is 38.1 Å². The van der Waals surface area contributed by atoms with Gasteiger partial charge in [0, 0.05) is 0 Å². The lowest BCUT2D eigenvalue weighted by Crippen LogP contribution is -2.16. The lowest BCUT2D eigenvalue weighted by atomic mass is 10.2. The van der Waals surface area contributed by atoms with Crippen LogP contribution in [-0.4, -0.2) is 24.2 Å². The Morgan fingerprint density at radius 1 is 0.864 bits per heavy atom. The molecule has 1 aromatic rings. The number of benzene rings is 1. The topological polar surface area (TPSA) is 49.3 Å². The molecule has 0 fully saturated rings. The van der Waals surface area contributed by atoms with Gasteiger partial charge in [0.15, 0.2) is 0 Å². The highest BCUT2D eigenvalue weighted by Gasteiger charge is 1.96. The van der Waals surface area contributed by atoms with Crippen molar-refractivity contribution in [2.24, 2.45) is 0 Å². The van der Waals surface area contributed by atoms with Crippen molar-refractivity contribution in [1.82, 2.24) is 5.32 Å². The zero-order valence-electron chi connectivity index (χ0n) is 14.3. The molecular weight excluding hydrogens is 274 g/mol. The quantitative estimate of drug-likeness (QED) is 0.558. The van der Waals surface area contributed by atoms with Gasteiger partial charge in [0.2, 0.25) is 0 Å². The van der Waals surface area contributed by atoms with E-state index in [1.165, 1.54) is 64.5 Å².